The summed E-state index contributed by atoms with van der Waals surface area (Å²) in [5.74, 6) is 1.41. The van der Waals surface area contributed by atoms with Crippen LogP contribution in [-0.4, -0.2) is 26.7 Å². The molecule has 1 aliphatic carbocycles. The molecule has 0 bridgehead atoms. The monoisotopic (exact) mass is 413 g/mol. The molecule has 0 unspecified atom stereocenters. The Morgan fingerprint density at radius 3 is 2.62 bits per heavy atom. The van der Waals surface area contributed by atoms with E-state index in [2.05, 4.69) is 5.32 Å². The van der Waals surface area contributed by atoms with Gasteiger partial charge in [0, 0.05) is 23.1 Å². The van der Waals surface area contributed by atoms with Gasteiger partial charge >= 0.3 is 0 Å². The molecule has 1 aliphatic rings. The second-order valence-electron chi connectivity index (χ2n) is 7.13. The molecule has 0 saturated heterocycles. The van der Waals surface area contributed by atoms with Gasteiger partial charge in [0.05, 0.1) is 10.6 Å². The van der Waals surface area contributed by atoms with E-state index in [1.807, 2.05) is 12.1 Å². The molecule has 152 valence electrons. The van der Waals surface area contributed by atoms with Crippen LogP contribution in [0.1, 0.15) is 31.1 Å². The van der Waals surface area contributed by atoms with E-state index in [0.717, 1.165) is 42.4 Å². The number of carbonyl (C=O) groups excluding carboxylic acids is 1. The third-order valence-electron chi connectivity index (χ3n) is 5.17. The summed E-state index contributed by atoms with van der Waals surface area (Å²) in [5, 5.41) is 3.77. The number of fused-ring (bicyclic) bond motifs is 3. The predicted octanol–water partition coefficient (Wildman–Crippen LogP) is 4.12. The highest BCUT2D eigenvalue weighted by atomic mass is 32.2. The molecule has 1 heterocycles. The maximum absolute atomic E-state index is 12.2. The molecule has 0 spiro atoms. The molecule has 0 saturated carbocycles. The van der Waals surface area contributed by atoms with E-state index in [-0.39, 0.29) is 23.2 Å². The van der Waals surface area contributed by atoms with Gasteiger partial charge in [0.2, 0.25) is 0 Å². The molecule has 0 atom stereocenters. The van der Waals surface area contributed by atoms with Gasteiger partial charge in [-0.1, -0.05) is 6.92 Å². The van der Waals surface area contributed by atoms with Crippen LogP contribution in [0.2, 0.25) is 0 Å². The highest BCUT2D eigenvalue weighted by molar-refractivity contribution is 7.91. The van der Waals surface area contributed by atoms with Gasteiger partial charge in [-0.25, -0.2) is 8.42 Å². The number of carbonyl (C=O) groups is 1. The molecule has 0 aliphatic heterocycles. The van der Waals surface area contributed by atoms with E-state index in [0.29, 0.717) is 11.4 Å². The van der Waals surface area contributed by atoms with Crippen LogP contribution in [0.5, 0.6) is 5.75 Å². The normalized spacial score (nSPS) is 13.8. The molecule has 6 nitrogen and oxygen atoms in total. The van der Waals surface area contributed by atoms with Crippen molar-refractivity contribution in [3.63, 3.8) is 0 Å². The van der Waals surface area contributed by atoms with Gasteiger partial charge in [-0.2, -0.15) is 0 Å². The van der Waals surface area contributed by atoms with Crippen molar-refractivity contribution in [2.75, 3.05) is 17.7 Å². The number of benzene rings is 2. The van der Waals surface area contributed by atoms with Crippen molar-refractivity contribution >= 4 is 32.4 Å². The lowest BCUT2D eigenvalue weighted by molar-refractivity contribution is -0.118. The van der Waals surface area contributed by atoms with Crippen LogP contribution in [0.3, 0.4) is 0 Å². The number of sulfone groups is 1. The quantitative estimate of drug-likeness (QED) is 0.657. The number of furan rings is 1. The number of aryl methyl sites for hydroxylation is 2. The number of anilines is 1. The van der Waals surface area contributed by atoms with Gasteiger partial charge in [-0.3, -0.25) is 4.79 Å². The number of hydrogen-bond donors (Lipinski definition) is 1. The number of amides is 1. The van der Waals surface area contributed by atoms with E-state index < -0.39 is 9.84 Å². The molecule has 1 amide bonds. The Morgan fingerprint density at radius 2 is 1.86 bits per heavy atom. The number of ether oxygens (including phenoxy) is 1. The van der Waals surface area contributed by atoms with Gasteiger partial charge in [0.15, 0.2) is 16.4 Å². The summed E-state index contributed by atoms with van der Waals surface area (Å²) in [6, 6.07) is 11.7. The van der Waals surface area contributed by atoms with Crippen LogP contribution in [0, 0.1) is 0 Å². The van der Waals surface area contributed by atoms with Crippen LogP contribution >= 0.6 is 0 Å². The highest BCUT2D eigenvalue weighted by Crippen LogP contribution is 2.33. The van der Waals surface area contributed by atoms with Crippen molar-refractivity contribution in [1.29, 1.82) is 0 Å². The van der Waals surface area contributed by atoms with Crippen molar-refractivity contribution in [2.45, 2.75) is 37.5 Å². The second-order valence-corrected chi connectivity index (χ2v) is 9.41. The summed E-state index contributed by atoms with van der Waals surface area (Å²) in [6.07, 6.45) is 4.30. The molecule has 3 aromatic rings. The Labute approximate surface area is 169 Å². The van der Waals surface area contributed by atoms with E-state index >= 15 is 0 Å². The highest BCUT2D eigenvalue weighted by Gasteiger charge is 2.18. The van der Waals surface area contributed by atoms with Crippen molar-refractivity contribution in [1.82, 2.24) is 0 Å². The maximum Gasteiger partial charge on any atom is 0.262 e. The van der Waals surface area contributed by atoms with Crippen molar-refractivity contribution < 1.29 is 22.4 Å². The molecule has 1 N–H and O–H groups in total. The summed E-state index contributed by atoms with van der Waals surface area (Å²) in [5.41, 5.74) is 2.63. The molecule has 0 radical (unpaired) electrons. The van der Waals surface area contributed by atoms with E-state index in [1.54, 1.807) is 25.1 Å². The maximum atomic E-state index is 12.2. The smallest absolute Gasteiger partial charge is 0.262 e. The first-order valence-electron chi connectivity index (χ1n) is 9.76. The zero-order valence-electron chi connectivity index (χ0n) is 16.2. The fraction of sp³-hybridized carbons (Fsp3) is 0.318. The molecular weight excluding hydrogens is 390 g/mol. The van der Waals surface area contributed by atoms with Gasteiger partial charge in [-0.15, -0.1) is 0 Å². The first-order valence-corrected chi connectivity index (χ1v) is 11.4. The Balaban J connectivity index is 1.39. The Morgan fingerprint density at radius 1 is 1.10 bits per heavy atom. The van der Waals surface area contributed by atoms with E-state index in [1.165, 1.54) is 17.7 Å². The average molecular weight is 413 g/mol. The Hall–Kier alpha value is -2.80. The molecule has 7 heteroatoms. The summed E-state index contributed by atoms with van der Waals surface area (Å²) in [6.45, 7) is 1.46. The van der Waals surface area contributed by atoms with Crippen LogP contribution in [0.15, 0.2) is 51.8 Å². The first kappa shape index (κ1) is 19.5. The Kier molecular flexibility index (Phi) is 5.32. The van der Waals surface area contributed by atoms with E-state index in [4.69, 9.17) is 9.15 Å². The molecule has 29 heavy (non-hydrogen) atoms. The minimum absolute atomic E-state index is 0.0385. The number of rotatable bonds is 6. The fourth-order valence-corrected chi connectivity index (χ4v) is 4.47. The van der Waals surface area contributed by atoms with Crippen molar-refractivity contribution in [3.05, 3.63) is 53.8 Å². The fourth-order valence-electron chi connectivity index (χ4n) is 3.59. The minimum atomic E-state index is -3.25. The lowest BCUT2D eigenvalue weighted by Crippen LogP contribution is -2.20. The summed E-state index contributed by atoms with van der Waals surface area (Å²) < 4.78 is 35.3. The summed E-state index contributed by atoms with van der Waals surface area (Å²) in [4.78, 5) is 12.4. The second kappa shape index (κ2) is 7.91. The molecule has 2 aromatic carbocycles. The predicted molar refractivity (Wildman–Crippen MR) is 111 cm³/mol. The van der Waals surface area contributed by atoms with Crippen LogP contribution in [0.4, 0.5) is 5.69 Å². The number of hydrogen-bond acceptors (Lipinski definition) is 5. The van der Waals surface area contributed by atoms with Crippen LogP contribution < -0.4 is 10.1 Å². The van der Waals surface area contributed by atoms with Gasteiger partial charge < -0.3 is 14.5 Å². The molecule has 4 rings (SSSR count). The standard InChI is InChI=1S/C22H23NO5S/c1-2-29(25,26)17-10-7-15(8-11-17)23-22(24)14-27-16-9-12-21-19(13-16)18-5-3-4-6-20(18)28-21/h7-13H,2-6,14H2,1H3,(H,23,24). The first-order chi connectivity index (χ1) is 14.0. The van der Waals surface area contributed by atoms with Crippen molar-refractivity contribution in [2.24, 2.45) is 0 Å². The average Bonchev–Trinajstić information content (AvgIpc) is 3.10. The van der Waals surface area contributed by atoms with Gasteiger partial charge in [0.1, 0.15) is 17.1 Å². The third-order valence-corrected chi connectivity index (χ3v) is 6.92. The Bertz CT molecular complexity index is 1150. The van der Waals surface area contributed by atoms with Crippen LogP contribution in [0.25, 0.3) is 11.0 Å². The van der Waals surface area contributed by atoms with Gasteiger partial charge in [-0.05, 0) is 61.7 Å². The number of nitrogens with one attached hydrogen (secondary N) is 1. The third kappa shape index (κ3) is 4.15. The SMILES string of the molecule is CCS(=O)(=O)c1ccc(NC(=O)COc2ccc3oc4c(c3c2)CCCC4)cc1. The summed E-state index contributed by atoms with van der Waals surface area (Å²) in [7, 11) is -3.25. The van der Waals surface area contributed by atoms with Crippen LogP contribution in [-0.2, 0) is 27.5 Å². The zero-order chi connectivity index (χ0) is 20.4. The van der Waals surface area contributed by atoms with Gasteiger partial charge in [0.25, 0.3) is 5.91 Å². The lowest BCUT2D eigenvalue weighted by Gasteiger charge is -2.10. The summed E-state index contributed by atoms with van der Waals surface area (Å²) >= 11 is 0. The zero-order valence-corrected chi connectivity index (χ0v) is 17.1. The van der Waals surface area contributed by atoms with Crippen molar-refractivity contribution in [3.8, 4) is 5.75 Å². The molecular formula is C22H23NO5S. The molecule has 1 aromatic heterocycles. The minimum Gasteiger partial charge on any atom is -0.484 e. The molecule has 0 fully saturated rings. The topological polar surface area (TPSA) is 85.6 Å². The lowest BCUT2D eigenvalue weighted by atomic mass is 9.96. The van der Waals surface area contributed by atoms with E-state index in [9.17, 15) is 13.2 Å². The largest absolute Gasteiger partial charge is 0.484 e.